The predicted octanol–water partition coefficient (Wildman–Crippen LogP) is 3.92. The lowest BCUT2D eigenvalue weighted by molar-refractivity contribution is 0.0698. The van der Waals surface area contributed by atoms with E-state index in [2.05, 4.69) is 15.4 Å². The summed E-state index contributed by atoms with van der Waals surface area (Å²) in [5, 5.41) is 19.6. The van der Waals surface area contributed by atoms with E-state index in [0.717, 1.165) is 17.0 Å². The number of hydrogen-bond acceptors (Lipinski definition) is 5. The summed E-state index contributed by atoms with van der Waals surface area (Å²) in [7, 11) is 0. The number of amides is 2. The summed E-state index contributed by atoms with van der Waals surface area (Å²) >= 11 is 0. The number of rotatable bonds is 4. The van der Waals surface area contributed by atoms with Gasteiger partial charge in [-0.2, -0.15) is 0 Å². The number of benzene rings is 3. The van der Waals surface area contributed by atoms with Crippen LogP contribution in [-0.2, 0) is 0 Å². The average molecular weight is 446 g/mol. The van der Waals surface area contributed by atoms with Gasteiger partial charge in [0.25, 0.3) is 11.8 Å². The highest BCUT2D eigenvalue weighted by Gasteiger charge is 2.39. The molecule has 0 unspecified atom stereocenters. The first-order valence-electron chi connectivity index (χ1n) is 9.57. The van der Waals surface area contributed by atoms with Gasteiger partial charge in [0.15, 0.2) is 11.6 Å². The van der Waals surface area contributed by atoms with Crippen LogP contribution < -0.4 is 4.90 Å². The highest BCUT2D eigenvalue weighted by Crippen LogP contribution is 2.35. The second-order valence-corrected chi connectivity index (χ2v) is 7.24. The molecule has 8 nitrogen and oxygen atoms in total. The number of carbonyl (C=O) groups is 3. The molecule has 2 N–H and O–H groups in total. The maximum atomic E-state index is 13.7. The molecule has 0 spiro atoms. The SMILES string of the molecule is O=C(O)c1ccc(-c2ccc(F)c(F)c2)cc1N1C(=O)c2ccc(-c3cnn[nH]3)cc2C1=O. The van der Waals surface area contributed by atoms with Crippen molar-refractivity contribution in [2.24, 2.45) is 0 Å². The van der Waals surface area contributed by atoms with E-state index in [1.54, 1.807) is 6.07 Å². The number of aromatic carboxylic acids is 1. The lowest BCUT2D eigenvalue weighted by atomic mass is 10.0. The summed E-state index contributed by atoms with van der Waals surface area (Å²) in [4.78, 5) is 38.9. The lowest BCUT2D eigenvalue weighted by Crippen LogP contribution is -2.31. The van der Waals surface area contributed by atoms with Crippen LogP contribution in [0.1, 0.15) is 31.1 Å². The highest BCUT2D eigenvalue weighted by atomic mass is 19.2. The largest absolute Gasteiger partial charge is 0.478 e. The number of aromatic nitrogens is 3. The van der Waals surface area contributed by atoms with Crippen LogP contribution in [-0.4, -0.2) is 38.3 Å². The molecule has 33 heavy (non-hydrogen) atoms. The molecule has 2 heterocycles. The van der Waals surface area contributed by atoms with Crippen molar-refractivity contribution in [2.45, 2.75) is 0 Å². The predicted molar refractivity (Wildman–Crippen MR) is 112 cm³/mol. The van der Waals surface area contributed by atoms with Gasteiger partial charge < -0.3 is 5.11 Å². The molecule has 5 rings (SSSR count). The summed E-state index contributed by atoms with van der Waals surface area (Å²) in [6, 6.07) is 11.6. The minimum atomic E-state index is -1.36. The maximum absolute atomic E-state index is 13.7. The quantitative estimate of drug-likeness (QED) is 0.459. The van der Waals surface area contributed by atoms with E-state index in [1.165, 1.54) is 42.6 Å². The minimum Gasteiger partial charge on any atom is -0.478 e. The Kier molecular flexibility index (Phi) is 4.56. The van der Waals surface area contributed by atoms with E-state index < -0.39 is 29.4 Å². The van der Waals surface area contributed by atoms with E-state index in [4.69, 9.17) is 0 Å². The van der Waals surface area contributed by atoms with Crippen molar-refractivity contribution in [3.05, 3.63) is 89.1 Å². The topological polar surface area (TPSA) is 116 Å². The van der Waals surface area contributed by atoms with Crippen molar-refractivity contribution in [1.82, 2.24) is 15.4 Å². The Bertz CT molecular complexity index is 1470. The monoisotopic (exact) mass is 446 g/mol. The van der Waals surface area contributed by atoms with Crippen LogP contribution in [0.5, 0.6) is 0 Å². The molecule has 0 saturated carbocycles. The molecule has 0 aliphatic carbocycles. The van der Waals surface area contributed by atoms with Crippen molar-refractivity contribution < 1.29 is 28.3 Å². The third-order valence-electron chi connectivity index (χ3n) is 5.33. The normalized spacial score (nSPS) is 12.8. The molecule has 0 saturated heterocycles. The van der Waals surface area contributed by atoms with Gasteiger partial charge in [-0.1, -0.05) is 23.4 Å². The van der Waals surface area contributed by atoms with Crippen LogP contribution in [0.25, 0.3) is 22.4 Å². The van der Waals surface area contributed by atoms with E-state index >= 15 is 0 Å². The Morgan fingerprint density at radius 1 is 0.848 bits per heavy atom. The maximum Gasteiger partial charge on any atom is 0.337 e. The Morgan fingerprint density at radius 2 is 1.55 bits per heavy atom. The number of halogens is 2. The molecule has 0 bridgehead atoms. The van der Waals surface area contributed by atoms with E-state index in [0.29, 0.717) is 16.8 Å². The standard InChI is InChI=1S/C23H12F2N4O4/c24-17-6-3-11(8-18(17)25)12-1-5-15(23(32)33)20(9-12)29-21(30)14-4-2-13(7-16(14)22(29)31)19-10-26-28-27-19/h1-10H,(H,32,33)(H,26,27,28). The zero-order valence-corrected chi connectivity index (χ0v) is 16.5. The number of carbonyl (C=O) groups excluding carboxylic acids is 2. The molecule has 4 aromatic rings. The fraction of sp³-hybridized carbons (Fsp3) is 0. The number of fused-ring (bicyclic) bond motifs is 1. The number of hydrogen-bond donors (Lipinski definition) is 2. The van der Waals surface area contributed by atoms with Crippen molar-refractivity contribution >= 4 is 23.5 Å². The highest BCUT2D eigenvalue weighted by molar-refractivity contribution is 6.35. The first-order chi connectivity index (χ1) is 15.8. The van der Waals surface area contributed by atoms with Crippen molar-refractivity contribution in [2.75, 3.05) is 4.90 Å². The number of carboxylic acid groups (broad SMARTS) is 1. The number of nitrogens with one attached hydrogen (secondary N) is 1. The zero-order chi connectivity index (χ0) is 23.3. The third kappa shape index (κ3) is 3.24. The fourth-order valence-electron chi connectivity index (χ4n) is 3.72. The second kappa shape index (κ2) is 7.45. The summed E-state index contributed by atoms with van der Waals surface area (Å²) in [5.74, 6) is -4.89. The molecule has 162 valence electrons. The van der Waals surface area contributed by atoms with Gasteiger partial charge >= 0.3 is 5.97 Å². The molecule has 10 heteroatoms. The first-order valence-corrected chi connectivity index (χ1v) is 9.57. The molecule has 1 aromatic heterocycles. The number of aromatic amines is 1. The lowest BCUT2D eigenvalue weighted by Gasteiger charge is -2.18. The van der Waals surface area contributed by atoms with E-state index in [-0.39, 0.29) is 27.9 Å². The Morgan fingerprint density at radius 3 is 2.24 bits per heavy atom. The van der Waals surface area contributed by atoms with Crippen LogP contribution in [0.15, 0.2) is 60.8 Å². The van der Waals surface area contributed by atoms with Crippen LogP contribution in [0.4, 0.5) is 14.5 Å². The smallest absolute Gasteiger partial charge is 0.337 e. The third-order valence-corrected chi connectivity index (χ3v) is 5.33. The number of nitrogens with zero attached hydrogens (tertiary/aromatic N) is 3. The van der Waals surface area contributed by atoms with Crippen LogP contribution >= 0.6 is 0 Å². The first kappa shape index (κ1) is 20.2. The fourth-order valence-corrected chi connectivity index (χ4v) is 3.72. The molecule has 1 aliphatic heterocycles. The summed E-state index contributed by atoms with van der Waals surface area (Å²) in [6.07, 6.45) is 1.45. The Balaban J connectivity index is 1.63. The summed E-state index contributed by atoms with van der Waals surface area (Å²) in [5.41, 5.74) is 1.35. The molecule has 0 fully saturated rings. The zero-order valence-electron chi connectivity index (χ0n) is 16.5. The van der Waals surface area contributed by atoms with Crippen LogP contribution in [0, 0.1) is 11.6 Å². The van der Waals surface area contributed by atoms with Crippen molar-refractivity contribution in [3.8, 4) is 22.4 Å². The van der Waals surface area contributed by atoms with Gasteiger partial charge in [0.05, 0.1) is 34.3 Å². The van der Waals surface area contributed by atoms with Crippen LogP contribution in [0.3, 0.4) is 0 Å². The summed E-state index contributed by atoms with van der Waals surface area (Å²) < 4.78 is 27.1. The Labute approximate surface area is 184 Å². The van der Waals surface area contributed by atoms with E-state index in [9.17, 15) is 28.3 Å². The number of anilines is 1. The van der Waals surface area contributed by atoms with Gasteiger partial charge in [0.2, 0.25) is 0 Å². The number of carboxylic acids is 1. The molecule has 2 amide bonds. The van der Waals surface area contributed by atoms with Gasteiger partial charge in [-0.05, 0) is 47.5 Å². The van der Waals surface area contributed by atoms with Crippen molar-refractivity contribution in [1.29, 1.82) is 0 Å². The molecular formula is C23H12F2N4O4. The van der Waals surface area contributed by atoms with Gasteiger partial charge in [0, 0.05) is 5.56 Å². The second-order valence-electron chi connectivity index (χ2n) is 7.24. The molecule has 0 atom stereocenters. The van der Waals surface area contributed by atoms with Gasteiger partial charge in [-0.3, -0.25) is 14.7 Å². The number of imide groups is 1. The van der Waals surface area contributed by atoms with Gasteiger partial charge in [-0.15, -0.1) is 5.10 Å². The molecule has 1 aliphatic rings. The minimum absolute atomic E-state index is 0.0849. The van der Waals surface area contributed by atoms with E-state index in [1.807, 2.05) is 0 Å². The average Bonchev–Trinajstić information content (AvgIpc) is 3.42. The Hall–Kier alpha value is -4.73. The molecule has 3 aromatic carbocycles. The van der Waals surface area contributed by atoms with Gasteiger partial charge in [-0.25, -0.2) is 18.5 Å². The molecular weight excluding hydrogens is 434 g/mol. The molecule has 0 radical (unpaired) electrons. The van der Waals surface area contributed by atoms with Crippen molar-refractivity contribution in [3.63, 3.8) is 0 Å². The van der Waals surface area contributed by atoms with Crippen LogP contribution in [0.2, 0.25) is 0 Å². The number of H-pyrrole nitrogens is 1. The van der Waals surface area contributed by atoms with Gasteiger partial charge in [0.1, 0.15) is 0 Å². The summed E-state index contributed by atoms with van der Waals surface area (Å²) in [6.45, 7) is 0.